The number of aromatic nitrogens is 2. The number of fused-ring (bicyclic) bond motifs is 5. The fourth-order valence-electron chi connectivity index (χ4n) is 5.74. The van der Waals surface area contributed by atoms with Crippen LogP contribution in [0.5, 0.6) is 0 Å². The number of carbonyl (C=O) groups is 2. The van der Waals surface area contributed by atoms with E-state index in [1.54, 1.807) is 35.8 Å². The number of anilines is 2. The number of pyridine rings is 2. The van der Waals surface area contributed by atoms with Gasteiger partial charge in [0.2, 0.25) is 5.60 Å². The predicted octanol–water partition coefficient (Wildman–Crippen LogP) is 4.03. The van der Waals surface area contributed by atoms with Gasteiger partial charge in [0.05, 0.1) is 34.7 Å². The molecule has 2 aromatic heterocycles. The predicted molar refractivity (Wildman–Crippen MR) is 147 cm³/mol. The number of rotatable bonds is 6. The van der Waals surface area contributed by atoms with Crippen LogP contribution in [0.1, 0.15) is 42.5 Å². The Balaban J connectivity index is 1.50. The molecule has 0 amide bonds. The van der Waals surface area contributed by atoms with Crippen LogP contribution in [-0.2, 0) is 44.2 Å². The Bertz CT molecular complexity index is 1770. The lowest BCUT2D eigenvalue weighted by atomic mass is 9.85. The summed E-state index contributed by atoms with van der Waals surface area (Å²) in [6.45, 7) is 3.47. The third-order valence-electron chi connectivity index (χ3n) is 7.66. The molecule has 3 N–H and O–H groups in total. The Kier molecular flexibility index (Phi) is 6.05. The van der Waals surface area contributed by atoms with Crippen molar-refractivity contribution in [2.45, 2.75) is 45.4 Å². The number of nitrogens with two attached hydrogens (primary N) is 1. The number of cyclic esters (lactones) is 1. The summed E-state index contributed by atoms with van der Waals surface area (Å²) < 4.78 is 25.8. The summed E-state index contributed by atoms with van der Waals surface area (Å²) in [7, 11) is 0. The number of hydrogen-bond donors (Lipinski definition) is 2. The van der Waals surface area contributed by atoms with Crippen LogP contribution in [0, 0.1) is 5.82 Å². The van der Waals surface area contributed by atoms with Crippen LogP contribution in [0.2, 0.25) is 0 Å². The van der Waals surface area contributed by atoms with E-state index in [1.165, 1.54) is 19.1 Å². The number of carbonyl (C=O) groups excluding carboxylic acids is 2. The van der Waals surface area contributed by atoms with Crippen LogP contribution in [0.25, 0.3) is 22.3 Å². The molecule has 1 atom stereocenters. The van der Waals surface area contributed by atoms with Crippen molar-refractivity contribution in [3.63, 3.8) is 0 Å². The van der Waals surface area contributed by atoms with E-state index >= 15 is 0 Å². The molecule has 0 unspecified atom stereocenters. The van der Waals surface area contributed by atoms with Crippen molar-refractivity contribution < 1.29 is 23.5 Å². The maximum Gasteiger partial charge on any atom is 0.355 e. The van der Waals surface area contributed by atoms with E-state index in [2.05, 4.69) is 5.32 Å². The monoisotopic (exact) mass is 542 g/mol. The zero-order chi connectivity index (χ0) is 28.2. The van der Waals surface area contributed by atoms with Crippen molar-refractivity contribution in [2.24, 2.45) is 0 Å². The molecule has 0 spiro atoms. The van der Waals surface area contributed by atoms with Gasteiger partial charge in [-0.15, -0.1) is 0 Å². The van der Waals surface area contributed by atoms with Crippen LogP contribution in [0.15, 0.2) is 53.3 Å². The lowest BCUT2D eigenvalue weighted by molar-refractivity contribution is -0.188. The first kappa shape index (κ1) is 25.5. The quantitative estimate of drug-likeness (QED) is 0.243. The first-order valence-corrected chi connectivity index (χ1v) is 13.1. The molecule has 0 bridgehead atoms. The standard InChI is InChI=1S/C30H27FN4O5/c1-3-30(40-16(2)36)21-13-24-26-19(14-35(24)28(37)20(21)15-39-29(30)38)27(25-22(32)5-4-6-23(25)34-26)33-12-11-17-7-9-18(31)10-8-17/h4-10,13H,3,11-12,14-15,32H2,1-2H3,(H,33,34)/t30-/m0/s1. The zero-order valence-electron chi connectivity index (χ0n) is 22.0. The third kappa shape index (κ3) is 3.90. The highest BCUT2D eigenvalue weighted by Gasteiger charge is 2.50. The number of halogens is 1. The van der Waals surface area contributed by atoms with E-state index in [1.807, 2.05) is 12.1 Å². The molecule has 2 aliphatic rings. The summed E-state index contributed by atoms with van der Waals surface area (Å²) in [6, 6.07) is 13.5. The summed E-state index contributed by atoms with van der Waals surface area (Å²) in [4.78, 5) is 43.7. The van der Waals surface area contributed by atoms with Crippen LogP contribution in [0.4, 0.5) is 15.8 Å². The molecule has 6 rings (SSSR count). The van der Waals surface area contributed by atoms with E-state index in [4.69, 9.17) is 20.2 Å². The van der Waals surface area contributed by atoms with Gasteiger partial charge < -0.3 is 25.1 Å². The molecule has 0 aliphatic carbocycles. The largest absolute Gasteiger partial charge is 0.457 e. The van der Waals surface area contributed by atoms with E-state index in [-0.39, 0.29) is 36.5 Å². The number of ether oxygens (including phenoxy) is 2. The van der Waals surface area contributed by atoms with Crippen molar-refractivity contribution in [1.82, 2.24) is 9.55 Å². The van der Waals surface area contributed by atoms with Gasteiger partial charge >= 0.3 is 11.9 Å². The number of nitrogen functional groups attached to an aromatic ring is 1. The molecule has 0 radical (unpaired) electrons. The highest BCUT2D eigenvalue weighted by Crippen LogP contribution is 2.44. The third-order valence-corrected chi connectivity index (χ3v) is 7.66. The first-order valence-electron chi connectivity index (χ1n) is 13.1. The fourth-order valence-corrected chi connectivity index (χ4v) is 5.74. The minimum Gasteiger partial charge on any atom is -0.457 e. The molecule has 204 valence electrons. The molecule has 10 heteroatoms. The van der Waals surface area contributed by atoms with Gasteiger partial charge in [-0.2, -0.15) is 0 Å². The second-order valence-electron chi connectivity index (χ2n) is 10.0. The van der Waals surface area contributed by atoms with Crippen molar-refractivity contribution in [2.75, 3.05) is 17.6 Å². The van der Waals surface area contributed by atoms with Crippen LogP contribution in [-0.4, -0.2) is 28.0 Å². The average molecular weight is 543 g/mol. The minimum atomic E-state index is -1.71. The Hall–Kier alpha value is -4.73. The van der Waals surface area contributed by atoms with Gasteiger partial charge in [-0.1, -0.05) is 25.1 Å². The number of hydrogen-bond acceptors (Lipinski definition) is 8. The van der Waals surface area contributed by atoms with Gasteiger partial charge in [-0.3, -0.25) is 9.59 Å². The molecule has 9 nitrogen and oxygen atoms in total. The number of nitrogens with one attached hydrogen (secondary N) is 1. The van der Waals surface area contributed by atoms with Crippen molar-refractivity contribution in [3.8, 4) is 11.4 Å². The minimum absolute atomic E-state index is 0.103. The van der Waals surface area contributed by atoms with Gasteiger partial charge in [0.25, 0.3) is 5.56 Å². The summed E-state index contributed by atoms with van der Waals surface area (Å²) in [5.74, 6) is -1.65. The molecule has 0 fully saturated rings. The molecule has 40 heavy (non-hydrogen) atoms. The van der Waals surface area contributed by atoms with Crippen LogP contribution >= 0.6 is 0 Å². The van der Waals surface area contributed by atoms with E-state index < -0.39 is 17.5 Å². The lowest BCUT2D eigenvalue weighted by Crippen LogP contribution is -2.47. The molecule has 2 aliphatic heterocycles. The lowest BCUT2D eigenvalue weighted by Gasteiger charge is -2.35. The number of esters is 2. The Morgan fingerprint density at radius 3 is 2.70 bits per heavy atom. The molecule has 4 heterocycles. The highest BCUT2D eigenvalue weighted by atomic mass is 19.1. The second kappa shape index (κ2) is 9.48. The van der Waals surface area contributed by atoms with Crippen molar-refractivity contribution in [3.05, 3.63) is 87.0 Å². The molecule has 4 aromatic rings. The van der Waals surface area contributed by atoms with Crippen molar-refractivity contribution in [1.29, 1.82) is 0 Å². The molecule has 0 saturated heterocycles. The number of nitrogens with zero attached hydrogens (tertiary/aromatic N) is 2. The Morgan fingerprint density at radius 2 is 1.98 bits per heavy atom. The molecule has 0 saturated carbocycles. The maximum absolute atomic E-state index is 13.8. The SMILES string of the molecule is CC[C@@]1(OC(C)=O)C(=O)OCc2c1cc1n(c2=O)Cc2c-1nc1cccc(N)c1c2NCCc1ccc(F)cc1. The van der Waals surface area contributed by atoms with Crippen LogP contribution in [0.3, 0.4) is 0 Å². The summed E-state index contributed by atoms with van der Waals surface area (Å²) >= 11 is 0. The normalized spacial score (nSPS) is 17.1. The zero-order valence-corrected chi connectivity index (χ0v) is 22.0. The van der Waals surface area contributed by atoms with Crippen molar-refractivity contribution >= 4 is 34.2 Å². The van der Waals surface area contributed by atoms with E-state index in [0.29, 0.717) is 41.1 Å². The summed E-state index contributed by atoms with van der Waals surface area (Å²) in [5, 5.41) is 4.24. The van der Waals surface area contributed by atoms with Gasteiger partial charge in [0, 0.05) is 35.7 Å². The first-order chi connectivity index (χ1) is 19.2. The van der Waals surface area contributed by atoms with Gasteiger partial charge in [-0.25, -0.2) is 14.2 Å². The number of benzene rings is 2. The summed E-state index contributed by atoms with van der Waals surface area (Å²) in [6.07, 6.45) is 0.736. The summed E-state index contributed by atoms with van der Waals surface area (Å²) in [5.41, 5.74) is 9.74. The highest BCUT2D eigenvalue weighted by molar-refractivity contribution is 6.04. The smallest absolute Gasteiger partial charge is 0.355 e. The second-order valence-corrected chi connectivity index (χ2v) is 10.0. The molecular weight excluding hydrogens is 515 g/mol. The molecule has 2 aromatic carbocycles. The fraction of sp³-hybridized carbons (Fsp3) is 0.267. The van der Waals surface area contributed by atoms with Gasteiger partial charge in [0.15, 0.2) is 0 Å². The molecular formula is C30H27FN4O5. The Labute approximate surface area is 228 Å². The average Bonchev–Trinajstić information content (AvgIpc) is 3.30. The Morgan fingerprint density at radius 1 is 1.20 bits per heavy atom. The van der Waals surface area contributed by atoms with Gasteiger partial charge in [0.1, 0.15) is 12.4 Å². The van der Waals surface area contributed by atoms with Crippen LogP contribution < -0.4 is 16.6 Å². The van der Waals surface area contributed by atoms with E-state index in [0.717, 1.165) is 22.2 Å². The van der Waals surface area contributed by atoms with E-state index in [9.17, 15) is 18.8 Å². The topological polar surface area (TPSA) is 126 Å². The van der Waals surface area contributed by atoms with Gasteiger partial charge in [-0.05, 0) is 48.7 Å². The maximum atomic E-state index is 13.8.